The van der Waals surface area contributed by atoms with E-state index in [1.54, 1.807) is 17.0 Å². The van der Waals surface area contributed by atoms with E-state index in [0.717, 1.165) is 30.1 Å². The van der Waals surface area contributed by atoms with Gasteiger partial charge in [-0.15, -0.1) is 0 Å². The van der Waals surface area contributed by atoms with Gasteiger partial charge in [0.05, 0.1) is 25.3 Å². The fourth-order valence-corrected chi connectivity index (χ4v) is 4.87. The quantitative estimate of drug-likeness (QED) is 0.482. The van der Waals surface area contributed by atoms with Crippen LogP contribution in [0.2, 0.25) is 5.02 Å². The number of nitrogens with one attached hydrogen (secondary N) is 3. The highest BCUT2D eigenvalue weighted by atomic mass is 35.5. The van der Waals surface area contributed by atoms with Gasteiger partial charge in [-0.1, -0.05) is 54.1 Å². The first-order valence-electron chi connectivity index (χ1n) is 12.2. The van der Waals surface area contributed by atoms with Crippen molar-refractivity contribution in [2.45, 2.75) is 32.1 Å². The van der Waals surface area contributed by atoms with Crippen molar-refractivity contribution >= 4 is 29.1 Å². The van der Waals surface area contributed by atoms with Gasteiger partial charge in [-0.3, -0.25) is 15.0 Å². The lowest BCUT2D eigenvalue weighted by molar-refractivity contribution is -0.906. The molecule has 34 heavy (non-hydrogen) atoms. The maximum atomic E-state index is 12.4. The van der Waals surface area contributed by atoms with Gasteiger partial charge in [0, 0.05) is 24.4 Å². The second-order valence-electron chi connectivity index (χ2n) is 9.26. The summed E-state index contributed by atoms with van der Waals surface area (Å²) in [6.07, 6.45) is 6.77. The Bertz CT molecular complexity index is 985. The topological polar surface area (TPSA) is 65.9 Å². The molecule has 1 saturated heterocycles. The Morgan fingerprint density at radius 1 is 1.09 bits per heavy atom. The summed E-state index contributed by atoms with van der Waals surface area (Å²) in [6.45, 7) is 4.12. The zero-order chi connectivity index (χ0) is 23.8. The van der Waals surface area contributed by atoms with Crippen LogP contribution in [0, 0.1) is 5.92 Å². The van der Waals surface area contributed by atoms with E-state index in [0.29, 0.717) is 11.6 Å². The van der Waals surface area contributed by atoms with Crippen LogP contribution >= 0.6 is 11.6 Å². The first-order chi connectivity index (χ1) is 16.6. The van der Waals surface area contributed by atoms with Crippen molar-refractivity contribution in [3.63, 3.8) is 0 Å². The van der Waals surface area contributed by atoms with Gasteiger partial charge < -0.3 is 10.2 Å². The predicted octanol–water partition coefficient (Wildman–Crippen LogP) is 2.46. The minimum Gasteiger partial charge on any atom is -0.354 e. The number of amides is 2. The average molecular weight is 482 g/mol. The lowest BCUT2D eigenvalue weighted by Gasteiger charge is -2.30. The molecule has 2 aliphatic rings. The molecule has 0 spiro atoms. The molecule has 1 fully saturated rings. The summed E-state index contributed by atoms with van der Waals surface area (Å²) in [5.41, 5.74) is 6.25. The zero-order valence-electron chi connectivity index (χ0n) is 19.6. The third-order valence-corrected chi connectivity index (χ3v) is 6.95. The van der Waals surface area contributed by atoms with Crippen molar-refractivity contribution in [3.8, 4) is 0 Å². The number of hydrogen-bond acceptors (Lipinski definition) is 3. The number of carbonyl (C=O) groups is 2. The van der Waals surface area contributed by atoms with E-state index < -0.39 is 0 Å². The van der Waals surface area contributed by atoms with Gasteiger partial charge >= 0.3 is 0 Å². The summed E-state index contributed by atoms with van der Waals surface area (Å²) < 4.78 is 0. The SMILES string of the molecule is O=C(CN1NC(c2ccc(Cl)cc2)=CCC1=O)NCCC[NH+]1CCC(Cc2ccccc2)CC1. The number of benzene rings is 2. The van der Waals surface area contributed by atoms with Crippen molar-refractivity contribution in [1.82, 2.24) is 15.8 Å². The van der Waals surface area contributed by atoms with E-state index in [1.165, 1.54) is 42.9 Å². The van der Waals surface area contributed by atoms with Gasteiger partial charge in [-0.05, 0) is 54.5 Å². The number of likely N-dealkylation sites (tertiary alicyclic amines) is 1. The maximum absolute atomic E-state index is 12.4. The van der Waals surface area contributed by atoms with Crippen LogP contribution in [0.5, 0.6) is 0 Å². The molecule has 2 aromatic carbocycles. The lowest BCUT2D eigenvalue weighted by Crippen LogP contribution is -3.13. The normalized spacial score (nSPS) is 20.4. The van der Waals surface area contributed by atoms with Crippen LogP contribution in [0.15, 0.2) is 60.7 Å². The van der Waals surface area contributed by atoms with Crippen molar-refractivity contribution in [1.29, 1.82) is 0 Å². The summed E-state index contributed by atoms with van der Waals surface area (Å²) in [6, 6.07) is 18.2. The van der Waals surface area contributed by atoms with E-state index in [1.807, 2.05) is 18.2 Å². The van der Waals surface area contributed by atoms with E-state index in [2.05, 4.69) is 41.1 Å². The van der Waals surface area contributed by atoms with Crippen molar-refractivity contribution in [2.75, 3.05) is 32.7 Å². The summed E-state index contributed by atoms with van der Waals surface area (Å²) in [5, 5.41) is 5.02. The minimum atomic E-state index is -0.144. The van der Waals surface area contributed by atoms with Crippen molar-refractivity contribution < 1.29 is 14.5 Å². The smallest absolute Gasteiger partial charge is 0.245 e. The molecular formula is C27H34ClN4O2+. The second-order valence-corrected chi connectivity index (χ2v) is 9.69. The predicted molar refractivity (Wildman–Crippen MR) is 135 cm³/mol. The number of hydrazine groups is 1. The molecule has 0 bridgehead atoms. The molecule has 0 atom stereocenters. The first-order valence-corrected chi connectivity index (χ1v) is 12.6. The number of nitrogens with zero attached hydrogens (tertiary/aromatic N) is 1. The Hall–Kier alpha value is -2.83. The molecule has 2 heterocycles. The van der Waals surface area contributed by atoms with E-state index in [9.17, 15) is 9.59 Å². The number of rotatable bonds is 9. The van der Waals surface area contributed by atoms with Crippen LogP contribution in [0.25, 0.3) is 5.70 Å². The number of halogens is 1. The monoisotopic (exact) mass is 481 g/mol. The van der Waals surface area contributed by atoms with E-state index in [4.69, 9.17) is 11.6 Å². The van der Waals surface area contributed by atoms with Crippen molar-refractivity contribution in [2.24, 2.45) is 5.92 Å². The molecule has 0 aromatic heterocycles. The molecule has 0 aliphatic carbocycles. The Kier molecular flexibility index (Phi) is 8.61. The van der Waals surface area contributed by atoms with Gasteiger partial charge in [-0.25, -0.2) is 5.01 Å². The standard InChI is InChI=1S/C27H33ClN4O2/c28-24-9-7-23(8-10-24)25-11-12-27(34)32(30-25)20-26(33)29-15-4-16-31-17-13-22(14-18-31)19-21-5-2-1-3-6-21/h1-3,5-11,22,30H,4,12-20H2,(H,29,33)/p+1. The summed E-state index contributed by atoms with van der Waals surface area (Å²) >= 11 is 5.96. The molecule has 2 amide bonds. The Balaban J connectivity index is 1.12. The highest BCUT2D eigenvalue weighted by molar-refractivity contribution is 6.30. The first kappa shape index (κ1) is 24.3. The van der Waals surface area contributed by atoms with Gasteiger partial charge in [0.1, 0.15) is 6.54 Å². The number of carbonyl (C=O) groups excluding carboxylic acids is 2. The van der Waals surface area contributed by atoms with Crippen molar-refractivity contribution in [3.05, 3.63) is 76.8 Å². The van der Waals surface area contributed by atoms with Crippen LogP contribution in [0.3, 0.4) is 0 Å². The molecule has 4 rings (SSSR count). The molecule has 7 heteroatoms. The molecule has 180 valence electrons. The highest BCUT2D eigenvalue weighted by Crippen LogP contribution is 2.19. The third kappa shape index (κ3) is 7.08. The fraction of sp³-hybridized carbons (Fsp3) is 0.407. The molecule has 0 unspecified atom stereocenters. The van der Waals surface area contributed by atoms with Gasteiger partial charge in [0.15, 0.2) is 0 Å². The fourth-order valence-electron chi connectivity index (χ4n) is 4.75. The Morgan fingerprint density at radius 2 is 1.82 bits per heavy atom. The summed E-state index contributed by atoms with van der Waals surface area (Å²) in [7, 11) is 0. The highest BCUT2D eigenvalue weighted by Gasteiger charge is 2.23. The van der Waals surface area contributed by atoms with Gasteiger partial charge in [0.25, 0.3) is 0 Å². The minimum absolute atomic E-state index is 0.00149. The number of hydrogen-bond donors (Lipinski definition) is 3. The molecular weight excluding hydrogens is 448 g/mol. The molecule has 6 nitrogen and oxygen atoms in total. The molecule has 0 saturated carbocycles. The molecule has 2 aliphatic heterocycles. The molecule has 2 aromatic rings. The van der Waals surface area contributed by atoms with Crippen LogP contribution in [-0.4, -0.2) is 49.5 Å². The van der Waals surface area contributed by atoms with E-state index >= 15 is 0 Å². The summed E-state index contributed by atoms with van der Waals surface area (Å²) in [5.74, 6) is 0.526. The van der Waals surface area contributed by atoms with Crippen LogP contribution in [0.1, 0.15) is 36.8 Å². The van der Waals surface area contributed by atoms with Gasteiger partial charge in [0.2, 0.25) is 11.8 Å². The van der Waals surface area contributed by atoms with Gasteiger partial charge in [-0.2, -0.15) is 0 Å². The third-order valence-electron chi connectivity index (χ3n) is 6.70. The zero-order valence-corrected chi connectivity index (χ0v) is 20.3. The lowest BCUT2D eigenvalue weighted by atomic mass is 9.90. The Morgan fingerprint density at radius 3 is 2.56 bits per heavy atom. The maximum Gasteiger partial charge on any atom is 0.245 e. The van der Waals surface area contributed by atoms with Crippen LogP contribution < -0.4 is 15.6 Å². The van der Waals surface area contributed by atoms with Crippen LogP contribution in [0.4, 0.5) is 0 Å². The van der Waals surface area contributed by atoms with E-state index in [-0.39, 0.29) is 24.8 Å². The second kappa shape index (κ2) is 12.0. The molecule has 0 radical (unpaired) electrons. The largest absolute Gasteiger partial charge is 0.354 e. The summed E-state index contributed by atoms with van der Waals surface area (Å²) in [4.78, 5) is 26.3. The molecule has 3 N–H and O–H groups in total. The number of quaternary nitrogens is 1. The average Bonchev–Trinajstić information content (AvgIpc) is 2.85. The van der Waals surface area contributed by atoms with Crippen LogP contribution in [-0.2, 0) is 16.0 Å². The Labute approximate surface area is 206 Å². The number of piperidine rings is 1.